The quantitative estimate of drug-likeness (QED) is 0.0990. The van der Waals surface area contributed by atoms with Crippen LogP contribution in [0.5, 0.6) is 0 Å². The monoisotopic (exact) mass is 1600 g/mol. The highest BCUT2D eigenvalue weighted by Gasteiger charge is 2.60. The highest BCUT2D eigenvalue weighted by atomic mass is 35.5. The average Bonchev–Trinajstić information content (AvgIpc) is 0.830. The third-order valence-electron chi connectivity index (χ3n) is 24.0. The predicted octanol–water partition coefficient (Wildman–Crippen LogP) is 7.21. The minimum absolute atomic E-state index is 0.0182. The second kappa shape index (κ2) is 37.3. The summed E-state index contributed by atoms with van der Waals surface area (Å²) in [7, 11) is 9.71. The largest absolute Gasteiger partial charge is 0.393 e. The number of rotatable bonds is 12. The number of hydrogen-bond acceptors (Lipinski definition) is 13. The molecule has 6 fully saturated rings. The lowest BCUT2D eigenvalue weighted by Crippen LogP contribution is -2.71. The van der Waals surface area contributed by atoms with E-state index in [1.807, 2.05) is 13.8 Å². The molecule has 2 bridgehead atoms. The first-order chi connectivity index (χ1) is 51.2. The SMILES string of the molecule is CCO[C@@H]1C[C@H]2C(=O)NC3(CC(C)(C)C3)C(=O)N(C)[C@@H](C3CCCC3)C(=O)N(C)[C@H](C(=O)N(C)C)CC(=O)N(C)[C@@H](CC(F)(F)F)C(=O)N[C@@H]([C@@H](C)CC)C(=O)N(C)CC(=O)N(C)[C@H]3C/C=C\CCN(C3=O)[C@@H](CC3CCC(C(F)(F)F)CC3)C(=O)N(C)CC(=O)N[C@@H](CCC3CCC(C(F)(F)F)C(Cl)C3)C(=O)N2C1. The summed E-state index contributed by atoms with van der Waals surface area (Å²) >= 11 is 6.42. The number of likely N-dealkylation sites (N-methyl/N-ethyl adjacent to an activating group) is 7. The maximum absolute atomic E-state index is 15.7. The van der Waals surface area contributed by atoms with E-state index in [1.165, 1.54) is 71.0 Å². The van der Waals surface area contributed by atoms with Crippen molar-refractivity contribution in [2.45, 2.75) is 260 Å². The van der Waals surface area contributed by atoms with Crippen LogP contribution in [0.25, 0.3) is 0 Å². The Morgan fingerprint density at radius 2 is 1.27 bits per heavy atom. The van der Waals surface area contributed by atoms with Crippen LogP contribution in [0.2, 0.25) is 0 Å². The highest BCUT2D eigenvalue weighted by Crippen LogP contribution is 2.50. The number of halogens is 10. The second-order valence-electron chi connectivity index (χ2n) is 32.9. The van der Waals surface area contributed by atoms with Crippen molar-refractivity contribution in [2.75, 3.05) is 89.2 Å². The number of nitrogens with one attached hydrogen (secondary N) is 3. The lowest BCUT2D eigenvalue weighted by atomic mass is 9.58. The number of hydrogen-bond donors (Lipinski definition) is 3. The van der Waals surface area contributed by atoms with E-state index in [4.69, 9.17) is 16.3 Å². The molecule has 3 heterocycles. The number of amides is 12. The number of alkyl halides is 10. The molecule has 35 heteroatoms. The number of carbonyl (C=O) groups excluding carboxylic acids is 12. The van der Waals surface area contributed by atoms with E-state index in [0.29, 0.717) is 30.6 Å². The second-order valence-corrected chi connectivity index (χ2v) is 33.5. The third kappa shape index (κ3) is 22.3. The average molecular weight is 1600 g/mol. The standard InChI is InChI=1S/C75H114ClF9N12O13/c1-14-43(3)60-68(107)91(9)40-59(100)92(10)52-23-17-16-20-32-96(67(52)106)55(34-45-24-28-47(29-25-45)74(80,81)82)66(105)90(8)39-57(98)86-51(31-27-44-26-30-49(50(76)33-44)75(83,84)85)64(103)97-38-48(110-15-2)35-53(97)63(102)88-72(41-71(4,5)42-72)70(109)95(13)61(46-21-18-19-22-46)69(108)94(12)54(65(104)89(6)7)36-58(99)93(11)56(62(101)87-60)37-73(77,78)79/h16-17,43-56,60-61H,14-15,18-42H2,1-13H3,(H,86,98)(H,87,101)(H,88,102)/b17-16-/t43-,44?,45?,47?,48+,49?,50?,51-,52-,53-,54-,55-,56-,60-,61-/m0/s1. The molecular formula is C75H114ClF9N12O13. The molecule has 0 aromatic carbocycles. The molecule has 12 amide bonds. The summed E-state index contributed by atoms with van der Waals surface area (Å²) in [6.07, 6.45) is -14.4. The zero-order chi connectivity index (χ0) is 82.2. The van der Waals surface area contributed by atoms with Crippen LogP contribution in [-0.4, -0.2) is 288 Å². The molecule has 110 heavy (non-hydrogen) atoms. The Morgan fingerprint density at radius 3 is 1.84 bits per heavy atom. The van der Waals surface area contributed by atoms with E-state index >= 15 is 28.8 Å². The first-order valence-corrected chi connectivity index (χ1v) is 39.0. The van der Waals surface area contributed by atoms with Gasteiger partial charge >= 0.3 is 18.5 Å². The number of ether oxygens (including phenoxy) is 1. The van der Waals surface area contributed by atoms with Crippen molar-refractivity contribution in [3.8, 4) is 0 Å². The predicted molar refractivity (Wildman–Crippen MR) is 386 cm³/mol. The fraction of sp³-hybridized carbons (Fsp3) is 0.813. The van der Waals surface area contributed by atoms with Gasteiger partial charge in [0, 0.05) is 87.9 Å². The Hall–Kier alpha value is -7.00. The van der Waals surface area contributed by atoms with Gasteiger partial charge in [-0.25, -0.2) is 0 Å². The van der Waals surface area contributed by atoms with Crippen molar-refractivity contribution in [1.82, 2.24) is 60.0 Å². The Kier molecular flexibility index (Phi) is 30.6. The smallest absolute Gasteiger partial charge is 0.377 e. The van der Waals surface area contributed by atoms with Crippen molar-refractivity contribution in [2.24, 2.45) is 40.9 Å². The number of carbonyl (C=O) groups is 12. The van der Waals surface area contributed by atoms with E-state index in [0.717, 1.165) is 31.5 Å². The molecule has 3 N–H and O–H groups in total. The van der Waals surface area contributed by atoms with E-state index < -0.39 is 222 Å². The van der Waals surface area contributed by atoms with Gasteiger partial charge in [-0.2, -0.15) is 39.5 Å². The van der Waals surface area contributed by atoms with Gasteiger partial charge in [0.15, 0.2) is 0 Å². The van der Waals surface area contributed by atoms with Gasteiger partial charge in [-0.3, -0.25) is 57.5 Å². The lowest BCUT2D eigenvalue weighted by Gasteiger charge is -2.54. The molecule has 3 aliphatic heterocycles. The zero-order valence-corrected chi connectivity index (χ0v) is 66.4. The Morgan fingerprint density at radius 1 is 0.655 bits per heavy atom. The van der Waals surface area contributed by atoms with Gasteiger partial charge in [0.1, 0.15) is 53.9 Å². The van der Waals surface area contributed by atoms with E-state index in [2.05, 4.69) is 16.0 Å². The zero-order valence-electron chi connectivity index (χ0n) is 65.6. The van der Waals surface area contributed by atoms with Gasteiger partial charge in [-0.1, -0.05) is 59.1 Å². The number of fused-ring (bicyclic) bond motifs is 3. The maximum atomic E-state index is 15.7. The molecular weight excluding hydrogens is 1480 g/mol. The van der Waals surface area contributed by atoms with Crippen molar-refractivity contribution in [1.29, 1.82) is 0 Å². The normalized spacial score (nSPS) is 31.5. The van der Waals surface area contributed by atoms with Crippen LogP contribution in [-0.2, 0) is 62.3 Å². The first-order valence-electron chi connectivity index (χ1n) is 38.6. The van der Waals surface area contributed by atoms with Crippen LogP contribution in [0.3, 0.4) is 0 Å². The number of nitrogens with zero attached hydrogens (tertiary/aromatic N) is 9. The van der Waals surface area contributed by atoms with Crippen LogP contribution < -0.4 is 16.0 Å². The highest BCUT2D eigenvalue weighted by molar-refractivity contribution is 6.21. The maximum Gasteiger partial charge on any atom is 0.393 e. The van der Waals surface area contributed by atoms with Gasteiger partial charge in [-0.05, 0) is 139 Å². The summed E-state index contributed by atoms with van der Waals surface area (Å²) in [5, 5.41) is 6.77. The van der Waals surface area contributed by atoms with Crippen LogP contribution in [0, 0.1) is 40.9 Å². The molecule has 13 atom stereocenters. The van der Waals surface area contributed by atoms with Crippen molar-refractivity contribution in [3.63, 3.8) is 0 Å². The lowest BCUT2D eigenvalue weighted by molar-refractivity contribution is -0.184. The molecule has 0 radical (unpaired) electrons. The molecule has 25 nitrogen and oxygen atoms in total. The Bertz CT molecular complexity index is 3340. The molecule has 1 spiro atoms. The van der Waals surface area contributed by atoms with E-state index in [1.54, 1.807) is 26.0 Å². The molecule has 622 valence electrons. The van der Waals surface area contributed by atoms with Crippen molar-refractivity contribution in [3.05, 3.63) is 12.2 Å². The fourth-order valence-corrected chi connectivity index (χ4v) is 18.1. The minimum atomic E-state index is -5.15. The van der Waals surface area contributed by atoms with Crippen LogP contribution in [0.15, 0.2) is 12.2 Å². The summed E-state index contributed by atoms with van der Waals surface area (Å²) in [6, 6.07) is -13.2. The molecule has 7 aliphatic rings. The molecule has 4 saturated carbocycles. The van der Waals surface area contributed by atoms with E-state index in [9.17, 15) is 68.3 Å². The molecule has 7 rings (SSSR count). The van der Waals surface area contributed by atoms with Crippen LogP contribution in [0.4, 0.5) is 39.5 Å². The fourth-order valence-electron chi connectivity index (χ4n) is 17.6. The van der Waals surface area contributed by atoms with Gasteiger partial charge in [0.2, 0.25) is 70.9 Å². The summed E-state index contributed by atoms with van der Waals surface area (Å²) in [5.74, 6) is -17.4. The van der Waals surface area contributed by atoms with Crippen LogP contribution >= 0.6 is 11.6 Å². The molecule has 0 aromatic rings. The van der Waals surface area contributed by atoms with Crippen molar-refractivity contribution < 1.29 is 102 Å². The van der Waals surface area contributed by atoms with Gasteiger partial charge in [0.05, 0.1) is 43.9 Å². The van der Waals surface area contributed by atoms with Gasteiger partial charge in [-0.15, -0.1) is 11.6 Å². The summed E-state index contributed by atoms with van der Waals surface area (Å²) in [5.41, 5.74) is -2.43. The molecule has 0 aromatic heterocycles. The summed E-state index contributed by atoms with van der Waals surface area (Å²) in [4.78, 5) is 190. The van der Waals surface area contributed by atoms with E-state index in [-0.39, 0.29) is 122 Å². The minimum Gasteiger partial charge on any atom is -0.377 e. The van der Waals surface area contributed by atoms with Gasteiger partial charge in [0.25, 0.3) is 0 Å². The third-order valence-corrected chi connectivity index (χ3v) is 24.5. The molecule has 3 unspecified atom stereocenters. The Balaban J connectivity index is 1.34. The molecule has 2 saturated heterocycles. The first kappa shape index (κ1) is 90.2. The summed E-state index contributed by atoms with van der Waals surface area (Å²) in [6.45, 7) is 6.47. The Labute approximate surface area is 643 Å². The van der Waals surface area contributed by atoms with Gasteiger partial charge < -0.3 is 64.8 Å². The summed E-state index contributed by atoms with van der Waals surface area (Å²) < 4.78 is 135. The molecule has 4 aliphatic carbocycles. The van der Waals surface area contributed by atoms with Crippen LogP contribution in [0.1, 0.15) is 176 Å². The van der Waals surface area contributed by atoms with Crippen molar-refractivity contribution >= 4 is 82.5 Å². The topological polar surface area (TPSA) is 279 Å².